The zero-order chi connectivity index (χ0) is 10.7. The van der Waals surface area contributed by atoms with Gasteiger partial charge in [-0.1, -0.05) is 6.07 Å². The highest BCUT2D eigenvalue weighted by Crippen LogP contribution is 2.15. The van der Waals surface area contributed by atoms with E-state index in [0.29, 0.717) is 9.90 Å². The quantitative estimate of drug-likeness (QED) is 0.877. The van der Waals surface area contributed by atoms with Gasteiger partial charge in [0.25, 0.3) is 0 Å². The Morgan fingerprint density at radius 2 is 2.40 bits per heavy atom. The molecule has 0 aliphatic rings. The zero-order valence-electron chi connectivity index (χ0n) is 7.58. The van der Waals surface area contributed by atoms with Crippen LogP contribution in [0, 0.1) is 0 Å². The third-order valence-corrected chi connectivity index (χ3v) is 4.49. The highest BCUT2D eigenvalue weighted by Gasteiger charge is 2.14. The second-order valence-electron chi connectivity index (χ2n) is 2.74. The molecule has 0 unspecified atom stereocenters. The van der Waals surface area contributed by atoms with Gasteiger partial charge in [-0.3, -0.25) is 0 Å². The van der Waals surface area contributed by atoms with E-state index in [2.05, 4.69) is 9.71 Å². The van der Waals surface area contributed by atoms with E-state index in [0.717, 1.165) is 0 Å². The van der Waals surface area contributed by atoms with Gasteiger partial charge >= 0.3 is 0 Å². The van der Waals surface area contributed by atoms with Gasteiger partial charge in [0.15, 0.2) is 6.39 Å². The fourth-order valence-corrected chi connectivity index (χ4v) is 3.02. The first-order chi connectivity index (χ1) is 7.18. The fourth-order valence-electron chi connectivity index (χ4n) is 0.981. The van der Waals surface area contributed by atoms with Gasteiger partial charge in [0, 0.05) is 0 Å². The minimum Gasteiger partial charge on any atom is -0.451 e. The number of thiophene rings is 1. The average molecular weight is 244 g/mol. The van der Waals surface area contributed by atoms with Crippen molar-refractivity contribution in [3.05, 3.63) is 35.9 Å². The summed E-state index contributed by atoms with van der Waals surface area (Å²) >= 11 is 1.17. The van der Waals surface area contributed by atoms with Gasteiger partial charge in [-0.15, -0.1) is 11.3 Å². The van der Waals surface area contributed by atoms with Crippen LogP contribution in [0.3, 0.4) is 0 Å². The molecule has 0 aromatic carbocycles. The van der Waals surface area contributed by atoms with Crippen LogP contribution in [-0.4, -0.2) is 13.4 Å². The maximum Gasteiger partial charge on any atom is 0.250 e. The van der Waals surface area contributed by atoms with E-state index in [1.807, 2.05) is 0 Å². The first-order valence-electron chi connectivity index (χ1n) is 4.09. The molecule has 0 fully saturated rings. The van der Waals surface area contributed by atoms with Crippen LogP contribution >= 0.6 is 11.3 Å². The van der Waals surface area contributed by atoms with Crippen LogP contribution in [0.4, 0.5) is 0 Å². The van der Waals surface area contributed by atoms with Crippen LogP contribution in [0.2, 0.25) is 0 Å². The Balaban J connectivity index is 2.06. The van der Waals surface area contributed by atoms with E-state index in [1.165, 1.54) is 24.0 Å². The molecule has 0 spiro atoms. The van der Waals surface area contributed by atoms with Crippen LogP contribution in [0.5, 0.6) is 0 Å². The highest BCUT2D eigenvalue weighted by atomic mass is 32.2. The van der Waals surface area contributed by atoms with Crippen molar-refractivity contribution in [3.63, 3.8) is 0 Å². The highest BCUT2D eigenvalue weighted by molar-refractivity contribution is 7.91. The van der Waals surface area contributed by atoms with Crippen molar-refractivity contribution in [1.82, 2.24) is 9.71 Å². The maximum absolute atomic E-state index is 11.6. The van der Waals surface area contributed by atoms with Gasteiger partial charge in [0.05, 0.1) is 12.2 Å². The minimum absolute atomic E-state index is 0.136. The van der Waals surface area contributed by atoms with Crippen molar-refractivity contribution in [3.8, 4) is 0 Å². The molecule has 0 aliphatic heterocycles. The van der Waals surface area contributed by atoms with Crippen LogP contribution in [0.1, 0.15) is 5.69 Å². The molecule has 0 amide bonds. The lowest BCUT2D eigenvalue weighted by molar-refractivity contribution is 0.555. The number of aromatic nitrogens is 1. The van der Waals surface area contributed by atoms with Crippen LogP contribution in [0.15, 0.2) is 38.8 Å². The number of hydrogen-bond donors (Lipinski definition) is 1. The third kappa shape index (κ3) is 2.44. The first-order valence-corrected chi connectivity index (χ1v) is 6.45. The molecule has 0 radical (unpaired) electrons. The summed E-state index contributed by atoms with van der Waals surface area (Å²) in [6.07, 6.45) is 2.66. The van der Waals surface area contributed by atoms with Crippen molar-refractivity contribution < 1.29 is 12.8 Å². The van der Waals surface area contributed by atoms with Gasteiger partial charge in [0.2, 0.25) is 10.0 Å². The molecule has 1 N–H and O–H groups in total. The van der Waals surface area contributed by atoms with Crippen LogP contribution < -0.4 is 4.72 Å². The topological polar surface area (TPSA) is 72.2 Å². The van der Waals surface area contributed by atoms with Crippen molar-refractivity contribution >= 4 is 21.4 Å². The lowest BCUT2D eigenvalue weighted by atomic mass is 10.5. The van der Waals surface area contributed by atoms with E-state index >= 15 is 0 Å². The second-order valence-corrected chi connectivity index (χ2v) is 5.68. The molecule has 5 nitrogen and oxygen atoms in total. The molecule has 7 heteroatoms. The Labute approximate surface area is 90.8 Å². The molecule has 2 heterocycles. The summed E-state index contributed by atoms with van der Waals surface area (Å²) < 4.78 is 30.7. The van der Waals surface area contributed by atoms with E-state index < -0.39 is 10.0 Å². The number of oxazole rings is 1. The van der Waals surface area contributed by atoms with Crippen molar-refractivity contribution in [2.24, 2.45) is 0 Å². The number of nitrogens with zero attached hydrogens (tertiary/aromatic N) is 1. The monoisotopic (exact) mass is 244 g/mol. The number of rotatable bonds is 4. The van der Waals surface area contributed by atoms with Gasteiger partial charge in [-0.2, -0.15) is 0 Å². The standard InChI is InChI=1S/C8H8N2O3S2/c11-15(12,8-2-1-3-14-8)10-4-7-5-13-6-9-7/h1-3,5-6,10H,4H2. The number of nitrogens with one attached hydrogen (secondary N) is 1. The largest absolute Gasteiger partial charge is 0.451 e. The molecule has 0 bridgehead atoms. The van der Waals surface area contributed by atoms with Crippen molar-refractivity contribution in [1.29, 1.82) is 0 Å². The summed E-state index contributed by atoms with van der Waals surface area (Å²) in [4.78, 5) is 3.81. The Kier molecular flexibility index (Phi) is 2.85. The Morgan fingerprint density at radius 3 is 3.00 bits per heavy atom. The molecule has 0 aliphatic carbocycles. The molecule has 80 valence electrons. The van der Waals surface area contributed by atoms with Crippen LogP contribution in [0.25, 0.3) is 0 Å². The molecular formula is C8H8N2O3S2. The molecule has 2 aromatic rings. The molecule has 15 heavy (non-hydrogen) atoms. The van der Waals surface area contributed by atoms with E-state index in [-0.39, 0.29) is 6.54 Å². The summed E-state index contributed by atoms with van der Waals surface area (Å²) in [5.74, 6) is 0. The predicted molar refractivity (Wildman–Crippen MR) is 54.8 cm³/mol. The fraction of sp³-hybridized carbons (Fsp3) is 0.125. The van der Waals surface area contributed by atoms with Gasteiger partial charge in [0.1, 0.15) is 10.5 Å². The lowest BCUT2D eigenvalue weighted by Crippen LogP contribution is -2.22. The van der Waals surface area contributed by atoms with Gasteiger partial charge in [-0.25, -0.2) is 18.1 Å². The first kappa shape index (κ1) is 10.3. The molecule has 0 saturated carbocycles. The molecule has 2 rings (SSSR count). The summed E-state index contributed by atoms with van der Waals surface area (Å²) in [7, 11) is -3.41. The van der Waals surface area contributed by atoms with E-state index in [4.69, 9.17) is 4.42 Å². The third-order valence-electron chi connectivity index (χ3n) is 1.69. The normalized spacial score (nSPS) is 11.7. The Hall–Kier alpha value is -1.18. The Bertz CT molecular complexity index is 502. The van der Waals surface area contributed by atoms with Crippen molar-refractivity contribution in [2.75, 3.05) is 0 Å². The number of hydrogen-bond acceptors (Lipinski definition) is 5. The van der Waals surface area contributed by atoms with E-state index in [1.54, 1.807) is 17.5 Å². The maximum atomic E-state index is 11.6. The smallest absolute Gasteiger partial charge is 0.250 e. The molecular weight excluding hydrogens is 236 g/mol. The van der Waals surface area contributed by atoms with Gasteiger partial charge < -0.3 is 4.42 Å². The minimum atomic E-state index is -3.41. The second kappa shape index (κ2) is 4.13. The van der Waals surface area contributed by atoms with E-state index in [9.17, 15) is 8.42 Å². The summed E-state index contributed by atoms with van der Waals surface area (Å²) in [5.41, 5.74) is 0.551. The molecule has 0 saturated heterocycles. The summed E-state index contributed by atoms with van der Waals surface area (Å²) in [6, 6.07) is 3.24. The SMILES string of the molecule is O=S(=O)(NCc1cocn1)c1cccs1. The summed E-state index contributed by atoms with van der Waals surface area (Å²) in [6.45, 7) is 0.136. The zero-order valence-corrected chi connectivity index (χ0v) is 9.22. The Morgan fingerprint density at radius 1 is 1.53 bits per heavy atom. The number of sulfonamides is 1. The predicted octanol–water partition coefficient (Wildman–Crippen LogP) is 1.21. The summed E-state index contributed by atoms with van der Waals surface area (Å²) in [5, 5.41) is 1.71. The van der Waals surface area contributed by atoms with Gasteiger partial charge in [-0.05, 0) is 11.4 Å². The molecule has 0 atom stereocenters. The average Bonchev–Trinajstić information content (AvgIpc) is 2.88. The van der Waals surface area contributed by atoms with Crippen molar-refractivity contribution in [2.45, 2.75) is 10.8 Å². The molecule has 2 aromatic heterocycles. The lowest BCUT2D eigenvalue weighted by Gasteiger charge is -2.01. The van der Waals surface area contributed by atoms with Crippen LogP contribution in [-0.2, 0) is 16.6 Å².